The molecule has 24 heavy (non-hydrogen) atoms. The van der Waals surface area contributed by atoms with E-state index in [-0.39, 0.29) is 18.7 Å². The van der Waals surface area contributed by atoms with E-state index in [0.717, 1.165) is 4.90 Å². The van der Waals surface area contributed by atoms with Crippen LogP contribution in [-0.4, -0.2) is 55.3 Å². The Kier molecular flexibility index (Phi) is 10.4. The Labute approximate surface area is 143 Å². The summed E-state index contributed by atoms with van der Waals surface area (Å²) < 4.78 is 10.4. The van der Waals surface area contributed by atoms with Crippen LogP contribution in [0.25, 0.3) is 0 Å². The number of hydrogen-bond donors (Lipinski definition) is 2. The number of hydrogen-bond acceptors (Lipinski definition) is 6. The molecule has 0 atom stereocenters. The van der Waals surface area contributed by atoms with Crippen LogP contribution in [0, 0.1) is 11.3 Å². The molecule has 2 amide bonds. The average Bonchev–Trinajstić information content (AvgIpc) is 2.49. The second-order valence-electron chi connectivity index (χ2n) is 5.92. The van der Waals surface area contributed by atoms with Crippen molar-refractivity contribution in [1.29, 1.82) is 5.26 Å². The normalized spacial score (nSPS) is 11.6. The first-order valence-corrected chi connectivity index (χ1v) is 7.92. The van der Waals surface area contributed by atoms with Crippen molar-refractivity contribution in [3.63, 3.8) is 0 Å². The van der Waals surface area contributed by atoms with Crippen molar-refractivity contribution in [2.45, 2.75) is 39.7 Å². The standard InChI is InChI=1S/C16H28N4O4/c1-5-23-10-6-8-19-14(21)13(11-18)12-20(9-7-17)15(22)24-16(2,3)4/h12H,5-10,17H2,1-4H3,(H,19,21)/b13-12-. The van der Waals surface area contributed by atoms with Gasteiger partial charge in [0.1, 0.15) is 17.2 Å². The molecular weight excluding hydrogens is 312 g/mol. The fourth-order valence-corrected chi connectivity index (χ4v) is 1.58. The Balaban J connectivity index is 4.84. The van der Waals surface area contributed by atoms with Crippen molar-refractivity contribution in [3.05, 3.63) is 11.8 Å². The van der Waals surface area contributed by atoms with Crippen molar-refractivity contribution in [2.24, 2.45) is 5.73 Å². The highest BCUT2D eigenvalue weighted by atomic mass is 16.6. The van der Waals surface area contributed by atoms with E-state index >= 15 is 0 Å². The van der Waals surface area contributed by atoms with Gasteiger partial charge in [0.2, 0.25) is 0 Å². The van der Waals surface area contributed by atoms with Gasteiger partial charge in [-0.05, 0) is 34.1 Å². The van der Waals surface area contributed by atoms with Gasteiger partial charge < -0.3 is 20.5 Å². The number of amides is 2. The van der Waals surface area contributed by atoms with E-state index in [1.807, 2.05) is 6.92 Å². The minimum atomic E-state index is -0.688. The van der Waals surface area contributed by atoms with Crippen LogP contribution in [0.4, 0.5) is 4.79 Å². The first-order chi connectivity index (χ1) is 11.2. The highest BCUT2D eigenvalue weighted by molar-refractivity contribution is 5.97. The van der Waals surface area contributed by atoms with Crippen LogP contribution in [0.1, 0.15) is 34.1 Å². The molecule has 8 heteroatoms. The smallest absolute Gasteiger partial charge is 0.414 e. The zero-order valence-electron chi connectivity index (χ0n) is 14.9. The molecule has 136 valence electrons. The number of carbonyl (C=O) groups excluding carboxylic acids is 2. The maximum Gasteiger partial charge on any atom is 0.414 e. The predicted octanol–water partition coefficient (Wildman–Crippen LogP) is 1.13. The zero-order chi connectivity index (χ0) is 18.6. The number of rotatable bonds is 9. The Morgan fingerprint density at radius 3 is 2.54 bits per heavy atom. The summed E-state index contributed by atoms with van der Waals surface area (Å²) in [6, 6.07) is 1.79. The third-order valence-corrected chi connectivity index (χ3v) is 2.60. The van der Waals surface area contributed by atoms with Crippen LogP contribution >= 0.6 is 0 Å². The molecule has 0 radical (unpaired) electrons. The average molecular weight is 340 g/mol. The summed E-state index contributed by atoms with van der Waals surface area (Å²) in [5.41, 5.74) is 4.60. The van der Waals surface area contributed by atoms with Crippen LogP contribution in [-0.2, 0) is 14.3 Å². The van der Waals surface area contributed by atoms with Crippen molar-refractivity contribution < 1.29 is 19.1 Å². The van der Waals surface area contributed by atoms with E-state index in [0.29, 0.717) is 26.2 Å². The lowest BCUT2D eigenvalue weighted by atomic mass is 10.2. The molecule has 0 aromatic heterocycles. The van der Waals surface area contributed by atoms with Gasteiger partial charge in [0.25, 0.3) is 5.91 Å². The molecule has 0 spiro atoms. The number of nitrogens with one attached hydrogen (secondary N) is 1. The monoisotopic (exact) mass is 340 g/mol. The SMILES string of the molecule is CCOCCCNC(=O)/C(C#N)=C\N(CCN)C(=O)OC(C)(C)C. The molecule has 0 bridgehead atoms. The van der Waals surface area contributed by atoms with Crippen LogP contribution in [0.5, 0.6) is 0 Å². The van der Waals surface area contributed by atoms with E-state index in [1.54, 1.807) is 26.8 Å². The number of nitrogens with two attached hydrogens (primary N) is 1. The molecule has 0 heterocycles. The van der Waals surface area contributed by atoms with Crippen molar-refractivity contribution >= 4 is 12.0 Å². The van der Waals surface area contributed by atoms with Gasteiger partial charge >= 0.3 is 6.09 Å². The first-order valence-electron chi connectivity index (χ1n) is 7.92. The molecule has 0 aliphatic rings. The summed E-state index contributed by atoms with van der Waals surface area (Å²) in [6.07, 6.45) is 1.14. The Hall–Kier alpha value is -2.11. The second-order valence-corrected chi connectivity index (χ2v) is 5.92. The predicted molar refractivity (Wildman–Crippen MR) is 89.8 cm³/mol. The van der Waals surface area contributed by atoms with Gasteiger partial charge in [-0.3, -0.25) is 9.69 Å². The molecule has 0 fully saturated rings. The van der Waals surface area contributed by atoms with Gasteiger partial charge in [0, 0.05) is 39.0 Å². The van der Waals surface area contributed by atoms with Gasteiger partial charge in [0.05, 0.1) is 0 Å². The summed E-state index contributed by atoms with van der Waals surface area (Å²) in [5, 5.41) is 11.8. The Bertz CT molecular complexity index is 477. The third kappa shape index (κ3) is 9.82. The Morgan fingerprint density at radius 1 is 1.38 bits per heavy atom. The van der Waals surface area contributed by atoms with Crippen LogP contribution in [0.15, 0.2) is 11.8 Å². The maximum atomic E-state index is 12.1. The molecule has 0 aliphatic carbocycles. The topological polar surface area (TPSA) is 118 Å². The molecule has 0 aromatic carbocycles. The lowest BCUT2D eigenvalue weighted by Gasteiger charge is -2.25. The van der Waals surface area contributed by atoms with Gasteiger partial charge in [-0.1, -0.05) is 0 Å². The fourth-order valence-electron chi connectivity index (χ4n) is 1.58. The van der Waals surface area contributed by atoms with Crippen LogP contribution in [0.3, 0.4) is 0 Å². The summed E-state index contributed by atoms with van der Waals surface area (Å²) >= 11 is 0. The van der Waals surface area contributed by atoms with Gasteiger partial charge in [-0.25, -0.2) is 4.79 Å². The molecule has 3 N–H and O–H groups in total. The number of carbonyl (C=O) groups is 2. The van der Waals surface area contributed by atoms with Gasteiger partial charge in [-0.2, -0.15) is 5.26 Å². The lowest BCUT2D eigenvalue weighted by molar-refractivity contribution is -0.117. The molecule has 8 nitrogen and oxygen atoms in total. The summed E-state index contributed by atoms with van der Waals surface area (Å²) in [7, 11) is 0. The number of nitrogens with zero attached hydrogens (tertiary/aromatic N) is 2. The maximum absolute atomic E-state index is 12.1. The van der Waals surface area contributed by atoms with E-state index in [2.05, 4.69) is 5.32 Å². The van der Waals surface area contributed by atoms with E-state index in [1.165, 1.54) is 6.20 Å². The minimum Gasteiger partial charge on any atom is -0.443 e. The van der Waals surface area contributed by atoms with Crippen molar-refractivity contribution in [3.8, 4) is 6.07 Å². The van der Waals surface area contributed by atoms with E-state index < -0.39 is 17.6 Å². The fraction of sp³-hybridized carbons (Fsp3) is 0.688. The summed E-state index contributed by atoms with van der Waals surface area (Å²) in [6.45, 7) is 8.89. The molecule has 0 saturated carbocycles. The van der Waals surface area contributed by atoms with Crippen molar-refractivity contribution in [1.82, 2.24) is 10.2 Å². The Morgan fingerprint density at radius 2 is 2.04 bits per heavy atom. The van der Waals surface area contributed by atoms with Gasteiger partial charge in [0.15, 0.2) is 0 Å². The highest BCUT2D eigenvalue weighted by Gasteiger charge is 2.22. The molecule has 0 aromatic rings. The minimum absolute atomic E-state index is 0.137. The van der Waals surface area contributed by atoms with E-state index in [9.17, 15) is 9.59 Å². The third-order valence-electron chi connectivity index (χ3n) is 2.60. The quantitative estimate of drug-likeness (QED) is 0.369. The van der Waals surface area contributed by atoms with Gasteiger partial charge in [-0.15, -0.1) is 0 Å². The summed E-state index contributed by atoms with van der Waals surface area (Å²) in [5.74, 6) is -0.556. The zero-order valence-corrected chi connectivity index (χ0v) is 14.9. The second kappa shape index (κ2) is 11.4. The first kappa shape index (κ1) is 21.9. The molecule has 0 aliphatic heterocycles. The number of nitriles is 1. The largest absolute Gasteiger partial charge is 0.443 e. The molecule has 0 unspecified atom stereocenters. The lowest BCUT2D eigenvalue weighted by Crippen LogP contribution is -2.37. The molecule has 0 saturated heterocycles. The molecular formula is C16H28N4O4. The van der Waals surface area contributed by atoms with E-state index in [4.69, 9.17) is 20.5 Å². The summed E-state index contributed by atoms with van der Waals surface area (Å²) in [4.78, 5) is 25.2. The van der Waals surface area contributed by atoms with Crippen LogP contribution in [0.2, 0.25) is 0 Å². The van der Waals surface area contributed by atoms with Crippen molar-refractivity contribution in [2.75, 3.05) is 32.8 Å². The molecule has 0 rings (SSSR count). The van der Waals surface area contributed by atoms with Crippen LogP contribution < -0.4 is 11.1 Å². The number of ether oxygens (including phenoxy) is 2. The highest BCUT2D eigenvalue weighted by Crippen LogP contribution is 2.11.